The third kappa shape index (κ3) is 5.42. The molecule has 1 unspecified atom stereocenters. The number of halogens is 1. The number of hydrogen-bond donors (Lipinski definition) is 0. The maximum Gasteiger partial charge on any atom is 0.242 e. The van der Waals surface area contributed by atoms with Crippen molar-refractivity contribution in [2.24, 2.45) is 5.92 Å². The first kappa shape index (κ1) is 23.6. The molecule has 2 aromatic heterocycles. The first-order chi connectivity index (χ1) is 17.1. The Morgan fingerprint density at radius 3 is 2.80 bits per heavy atom. The minimum absolute atomic E-state index is 0.00797. The van der Waals surface area contributed by atoms with Crippen LogP contribution in [0.3, 0.4) is 0 Å². The number of carbonyl (C=O) groups is 2. The van der Waals surface area contributed by atoms with E-state index in [1.807, 2.05) is 22.4 Å². The Kier molecular flexibility index (Phi) is 7.18. The number of thiophene rings is 1. The molecule has 6 nitrogen and oxygen atoms in total. The van der Waals surface area contributed by atoms with E-state index in [0.717, 1.165) is 37.7 Å². The number of carbonyl (C=O) groups excluding carboxylic acids is 2. The van der Waals surface area contributed by atoms with Crippen LogP contribution in [-0.4, -0.2) is 41.3 Å². The van der Waals surface area contributed by atoms with Crippen molar-refractivity contribution in [2.45, 2.75) is 44.7 Å². The smallest absolute Gasteiger partial charge is 0.242 e. The fourth-order valence-electron chi connectivity index (χ4n) is 5.09. The summed E-state index contributed by atoms with van der Waals surface area (Å²) in [6.07, 6.45) is 6.18. The molecule has 1 aliphatic carbocycles. The molecule has 8 heteroatoms. The largest absolute Gasteiger partial charge is 0.491 e. The van der Waals surface area contributed by atoms with Crippen molar-refractivity contribution in [2.75, 3.05) is 19.7 Å². The lowest BCUT2D eigenvalue weighted by Gasteiger charge is -2.37. The molecule has 35 heavy (non-hydrogen) atoms. The van der Waals surface area contributed by atoms with Gasteiger partial charge in [0.2, 0.25) is 11.8 Å². The molecule has 0 saturated heterocycles. The van der Waals surface area contributed by atoms with Gasteiger partial charge in [-0.15, -0.1) is 11.3 Å². The van der Waals surface area contributed by atoms with Crippen molar-refractivity contribution in [3.63, 3.8) is 0 Å². The Balaban J connectivity index is 1.34. The lowest BCUT2D eigenvalue weighted by atomic mass is 10.00. The van der Waals surface area contributed by atoms with Crippen molar-refractivity contribution >= 4 is 23.2 Å². The number of rotatable bonds is 8. The van der Waals surface area contributed by atoms with Crippen LogP contribution in [0.1, 0.15) is 47.9 Å². The molecule has 1 saturated carbocycles. The van der Waals surface area contributed by atoms with Gasteiger partial charge in [0.1, 0.15) is 30.5 Å². The minimum atomic E-state index is -0.366. The normalized spacial score (nSPS) is 17.9. The Hall–Kier alpha value is -3.13. The fourth-order valence-corrected chi connectivity index (χ4v) is 6.02. The first-order valence-corrected chi connectivity index (χ1v) is 13.0. The fraction of sp³-hybridized carbons (Fsp3) is 0.407. The van der Waals surface area contributed by atoms with Crippen molar-refractivity contribution in [3.8, 4) is 5.75 Å². The Morgan fingerprint density at radius 1 is 1.17 bits per heavy atom. The number of ether oxygens (including phenoxy) is 1. The minimum Gasteiger partial charge on any atom is -0.491 e. The van der Waals surface area contributed by atoms with Gasteiger partial charge in [-0.3, -0.25) is 9.59 Å². The Bertz CT molecular complexity index is 1160. The highest BCUT2D eigenvalue weighted by Gasteiger charge is 2.35. The molecule has 1 fully saturated rings. The van der Waals surface area contributed by atoms with Gasteiger partial charge >= 0.3 is 0 Å². The number of nitrogens with zero attached hydrogens (tertiary/aromatic N) is 2. The van der Waals surface area contributed by atoms with Gasteiger partial charge in [0, 0.05) is 23.4 Å². The molecule has 0 N–H and O–H groups in total. The van der Waals surface area contributed by atoms with Gasteiger partial charge in [-0.05, 0) is 60.5 Å². The predicted octanol–water partition coefficient (Wildman–Crippen LogP) is 5.20. The van der Waals surface area contributed by atoms with Crippen molar-refractivity contribution in [1.29, 1.82) is 0 Å². The molecule has 1 atom stereocenters. The van der Waals surface area contributed by atoms with Crippen LogP contribution in [0.25, 0.3) is 0 Å². The van der Waals surface area contributed by atoms with Crippen LogP contribution < -0.4 is 4.74 Å². The number of amides is 2. The number of hydrogen-bond acceptors (Lipinski definition) is 5. The molecule has 3 heterocycles. The summed E-state index contributed by atoms with van der Waals surface area (Å²) < 4.78 is 25.1. The molecule has 0 bridgehead atoms. The van der Waals surface area contributed by atoms with E-state index in [1.165, 1.54) is 17.0 Å². The number of fused-ring (bicyclic) bond motifs is 1. The molecule has 3 aromatic rings. The molecular weight excluding hydrogens is 467 g/mol. The van der Waals surface area contributed by atoms with Gasteiger partial charge in [-0.2, -0.15) is 0 Å². The topological polar surface area (TPSA) is 63.0 Å². The Labute approximate surface area is 208 Å². The molecule has 184 valence electrons. The molecule has 0 radical (unpaired) electrons. The maximum atomic E-state index is 13.7. The average Bonchev–Trinajstić information content (AvgIpc) is 3.64. The predicted molar refractivity (Wildman–Crippen MR) is 130 cm³/mol. The summed E-state index contributed by atoms with van der Waals surface area (Å²) >= 11 is 1.67. The van der Waals surface area contributed by atoms with Crippen LogP contribution in [0.2, 0.25) is 0 Å². The van der Waals surface area contributed by atoms with Gasteiger partial charge in [-0.1, -0.05) is 18.9 Å². The average molecular weight is 497 g/mol. The van der Waals surface area contributed by atoms with E-state index in [1.54, 1.807) is 40.7 Å². The summed E-state index contributed by atoms with van der Waals surface area (Å²) in [4.78, 5) is 31.7. The lowest BCUT2D eigenvalue weighted by Crippen LogP contribution is -2.48. The Morgan fingerprint density at radius 2 is 2.03 bits per heavy atom. The number of benzene rings is 1. The van der Waals surface area contributed by atoms with Gasteiger partial charge < -0.3 is 19.0 Å². The lowest BCUT2D eigenvalue weighted by molar-refractivity contribution is -0.145. The van der Waals surface area contributed by atoms with Gasteiger partial charge in [0.05, 0.1) is 18.8 Å². The molecule has 2 amide bonds. The summed E-state index contributed by atoms with van der Waals surface area (Å²) in [5.41, 5.74) is 1.06. The molecule has 0 spiro atoms. The molecule has 2 aliphatic rings. The molecular formula is C27H29FN2O4S. The zero-order valence-corrected chi connectivity index (χ0v) is 20.3. The van der Waals surface area contributed by atoms with Gasteiger partial charge in [0.15, 0.2) is 0 Å². The highest BCUT2D eigenvalue weighted by molar-refractivity contribution is 7.10. The van der Waals surface area contributed by atoms with Crippen LogP contribution in [0.15, 0.2) is 58.5 Å². The molecule has 1 aromatic carbocycles. The van der Waals surface area contributed by atoms with E-state index >= 15 is 0 Å². The summed E-state index contributed by atoms with van der Waals surface area (Å²) in [6.45, 7) is 1.03. The van der Waals surface area contributed by atoms with E-state index in [-0.39, 0.29) is 49.3 Å². The quantitative estimate of drug-likeness (QED) is 0.430. The summed E-state index contributed by atoms with van der Waals surface area (Å²) in [6, 6.07) is 11.4. The highest BCUT2D eigenvalue weighted by Crippen LogP contribution is 2.34. The molecule has 1 aliphatic heterocycles. The second-order valence-electron chi connectivity index (χ2n) is 9.18. The van der Waals surface area contributed by atoms with E-state index in [0.29, 0.717) is 18.1 Å². The second-order valence-corrected chi connectivity index (χ2v) is 10.2. The van der Waals surface area contributed by atoms with Crippen LogP contribution in [0.4, 0.5) is 4.39 Å². The summed E-state index contributed by atoms with van der Waals surface area (Å²) in [7, 11) is 0. The van der Waals surface area contributed by atoms with Crippen LogP contribution in [0.5, 0.6) is 5.75 Å². The summed E-state index contributed by atoms with van der Waals surface area (Å²) in [5.74, 6) is 0.592. The van der Waals surface area contributed by atoms with Gasteiger partial charge in [-0.25, -0.2) is 4.39 Å². The van der Waals surface area contributed by atoms with Crippen LogP contribution >= 0.6 is 11.3 Å². The standard InChI is InChI=1S/C27H29FN2O4S/c28-20-7-3-8-21(15-20)34-18-24-23-11-14-35-25(23)10-12-30(24)26(31)17-29(16-22-9-4-13-33-22)27(32)19-5-1-2-6-19/h3-4,7-9,11,13-15,19,24H,1-2,5-6,10,12,16-18H2. The van der Waals surface area contributed by atoms with Gasteiger partial charge in [0.25, 0.3) is 0 Å². The van der Waals surface area contributed by atoms with Crippen molar-refractivity contribution in [1.82, 2.24) is 9.80 Å². The zero-order valence-electron chi connectivity index (χ0n) is 19.5. The second kappa shape index (κ2) is 10.6. The van der Waals surface area contributed by atoms with Crippen molar-refractivity contribution < 1.29 is 23.1 Å². The number of furan rings is 1. The van der Waals surface area contributed by atoms with Crippen LogP contribution in [0, 0.1) is 11.7 Å². The van der Waals surface area contributed by atoms with Crippen molar-refractivity contribution in [3.05, 3.63) is 76.1 Å². The SMILES string of the molecule is O=C(C1CCCC1)N(CC(=O)N1CCc2sccc2C1COc1cccc(F)c1)Cc1ccco1. The highest BCUT2D eigenvalue weighted by atomic mass is 32.1. The third-order valence-corrected chi connectivity index (χ3v) is 7.88. The van der Waals surface area contributed by atoms with E-state index in [9.17, 15) is 14.0 Å². The van der Waals surface area contributed by atoms with E-state index in [4.69, 9.17) is 9.15 Å². The maximum absolute atomic E-state index is 13.7. The van der Waals surface area contributed by atoms with E-state index in [2.05, 4.69) is 0 Å². The van der Waals surface area contributed by atoms with E-state index < -0.39 is 0 Å². The third-order valence-electron chi connectivity index (χ3n) is 6.89. The molecule has 5 rings (SSSR count). The zero-order chi connectivity index (χ0) is 24.2. The van der Waals surface area contributed by atoms with Crippen LogP contribution in [-0.2, 0) is 22.6 Å². The summed E-state index contributed by atoms with van der Waals surface area (Å²) in [5, 5.41) is 2.03. The monoisotopic (exact) mass is 496 g/mol. The first-order valence-electron chi connectivity index (χ1n) is 12.1.